The molecule has 0 fully saturated rings. The van der Waals surface area contributed by atoms with E-state index in [1.807, 2.05) is 0 Å². The Hall–Kier alpha value is -1.46. The molecule has 0 spiro atoms. The van der Waals surface area contributed by atoms with Crippen molar-refractivity contribution in [2.75, 3.05) is 0 Å². The van der Waals surface area contributed by atoms with Crippen LogP contribution >= 0.6 is 0 Å². The van der Waals surface area contributed by atoms with E-state index in [-0.39, 0.29) is 35.1 Å². The molecule has 20 heavy (non-hydrogen) atoms. The van der Waals surface area contributed by atoms with Crippen LogP contribution in [0.15, 0.2) is 17.7 Å². The molecule has 0 bridgehead atoms. The van der Waals surface area contributed by atoms with Gasteiger partial charge in [-0.25, -0.2) is 0 Å². The number of rotatable bonds is 0. The molecule has 0 aromatic heterocycles. The highest BCUT2D eigenvalue weighted by Gasteiger charge is 2.43. The highest BCUT2D eigenvalue weighted by molar-refractivity contribution is 5.77. The predicted octanol–water partition coefficient (Wildman–Crippen LogP) is 5.30. The zero-order valence-corrected chi connectivity index (χ0v) is 10.8. The monoisotopic (exact) mass is 294 g/mol. The number of alkyl halides is 6. The lowest BCUT2D eigenvalue weighted by atomic mass is 9.82. The molecule has 1 aromatic carbocycles. The number of hydrogen-bond acceptors (Lipinski definition) is 0. The van der Waals surface area contributed by atoms with Gasteiger partial charge in [-0.15, -0.1) is 0 Å². The lowest BCUT2D eigenvalue weighted by Gasteiger charge is -2.27. The number of aryl methyl sites for hydroxylation is 1. The van der Waals surface area contributed by atoms with Crippen LogP contribution in [0.2, 0.25) is 0 Å². The minimum absolute atomic E-state index is 0.00558. The van der Waals surface area contributed by atoms with Gasteiger partial charge in [0, 0.05) is 0 Å². The van der Waals surface area contributed by atoms with E-state index in [0.717, 1.165) is 12.1 Å². The number of hydrogen-bond donors (Lipinski definition) is 0. The summed E-state index contributed by atoms with van der Waals surface area (Å²) in [7, 11) is 0. The number of allylic oxidation sites excluding steroid dienone is 2. The fourth-order valence-corrected chi connectivity index (χ4v) is 2.72. The predicted molar refractivity (Wildman–Crippen MR) is 63.2 cm³/mol. The van der Waals surface area contributed by atoms with E-state index in [9.17, 15) is 26.3 Å². The SMILES string of the molecule is CC1=C(C(F)(F)F)c2ccc(C)c(C(F)(F)F)c2CC1. The smallest absolute Gasteiger partial charge is 0.166 e. The maximum absolute atomic E-state index is 13.1. The quantitative estimate of drug-likeness (QED) is 0.570. The van der Waals surface area contributed by atoms with E-state index < -0.39 is 23.5 Å². The van der Waals surface area contributed by atoms with Gasteiger partial charge in [0.1, 0.15) is 0 Å². The second-order valence-corrected chi connectivity index (χ2v) is 4.93. The molecule has 0 N–H and O–H groups in total. The van der Waals surface area contributed by atoms with Crippen molar-refractivity contribution in [3.63, 3.8) is 0 Å². The van der Waals surface area contributed by atoms with Crippen LogP contribution in [0.5, 0.6) is 0 Å². The van der Waals surface area contributed by atoms with E-state index in [0.29, 0.717) is 0 Å². The van der Waals surface area contributed by atoms with Crippen LogP contribution in [0.4, 0.5) is 26.3 Å². The molecule has 0 radical (unpaired) electrons. The van der Waals surface area contributed by atoms with E-state index in [1.54, 1.807) is 0 Å². The zero-order chi connectivity index (χ0) is 15.3. The molecule has 0 saturated heterocycles. The number of halogens is 6. The van der Waals surface area contributed by atoms with Gasteiger partial charge in [0.05, 0.1) is 11.1 Å². The third kappa shape index (κ3) is 2.43. The molecular formula is C14H12F6. The normalized spacial score (nSPS) is 16.4. The largest absolute Gasteiger partial charge is 0.416 e. The number of fused-ring (bicyclic) bond motifs is 1. The van der Waals surface area contributed by atoms with Crippen molar-refractivity contribution >= 4 is 5.57 Å². The summed E-state index contributed by atoms with van der Waals surface area (Å²) in [5, 5.41) is 0. The average Bonchev–Trinajstić information content (AvgIpc) is 2.25. The lowest BCUT2D eigenvalue weighted by Crippen LogP contribution is -2.21. The molecule has 1 aliphatic rings. The van der Waals surface area contributed by atoms with Crippen molar-refractivity contribution in [2.24, 2.45) is 0 Å². The highest BCUT2D eigenvalue weighted by atomic mass is 19.4. The Morgan fingerprint density at radius 3 is 1.95 bits per heavy atom. The molecule has 1 aliphatic carbocycles. The summed E-state index contributed by atoms with van der Waals surface area (Å²) < 4.78 is 78.4. The topological polar surface area (TPSA) is 0 Å². The zero-order valence-electron chi connectivity index (χ0n) is 10.8. The first-order valence-electron chi connectivity index (χ1n) is 6.00. The third-order valence-electron chi connectivity index (χ3n) is 3.53. The molecule has 0 unspecified atom stereocenters. The standard InChI is InChI=1S/C14H12F6/c1-7-3-5-10-9(11(7)13(15,16)17)6-4-8(2)12(10)14(18,19)20/h3,5H,4,6H2,1-2H3. The van der Waals surface area contributed by atoms with Gasteiger partial charge >= 0.3 is 12.4 Å². The van der Waals surface area contributed by atoms with E-state index in [2.05, 4.69) is 0 Å². The molecule has 1 aromatic rings. The first-order valence-corrected chi connectivity index (χ1v) is 6.00. The third-order valence-corrected chi connectivity index (χ3v) is 3.53. The summed E-state index contributed by atoms with van der Waals surface area (Å²) in [6, 6.07) is 2.25. The molecule has 0 nitrogen and oxygen atoms in total. The summed E-state index contributed by atoms with van der Waals surface area (Å²) in [6.07, 6.45) is -9.31. The first-order chi connectivity index (χ1) is 9.03. The molecule has 6 heteroatoms. The first kappa shape index (κ1) is 14.9. The summed E-state index contributed by atoms with van der Waals surface area (Å²) >= 11 is 0. The minimum atomic E-state index is -4.64. The molecule has 2 rings (SSSR count). The van der Waals surface area contributed by atoms with Crippen molar-refractivity contribution in [1.29, 1.82) is 0 Å². The Balaban J connectivity index is 2.76. The molecule has 0 aliphatic heterocycles. The van der Waals surface area contributed by atoms with Crippen molar-refractivity contribution in [3.8, 4) is 0 Å². The van der Waals surface area contributed by atoms with Crippen molar-refractivity contribution in [1.82, 2.24) is 0 Å². The molecular weight excluding hydrogens is 282 g/mol. The maximum Gasteiger partial charge on any atom is 0.416 e. The van der Waals surface area contributed by atoms with Crippen molar-refractivity contribution in [3.05, 3.63) is 40.0 Å². The van der Waals surface area contributed by atoms with Gasteiger partial charge in [-0.2, -0.15) is 26.3 Å². The van der Waals surface area contributed by atoms with Crippen LogP contribution in [0, 0.1) is 6.92 Å². The summed E-state index contributed by atoms with van der Waals surface area (Å²) in [4.78, 5) is 0. The summed E-state index contributed by atoms with van der Waals surface area (Å²) in [5.41, 5.74) is -2.39. The molecule has 110 valence electrons. The Morgan fingerprint density at radius 2 is 1.45 bits per heavy atom. The summed E-state index contributed by atoms with van der Waals surface area (Å²) in [5.74, 6) is 0. The molecule has 0 atom stereocenters. The van der Waals surface area contributed by atoms with Crippen LogP contribution < -0.4 is 0 Å². The van der Waals surface area contributed by atoms with Gasteiger partial charge < -0.3 is 0 Å². The summed E-state index contributed by atoms with van der Waals surface area (Å²) in [6.45, 7) is 2.58. The Kier molecular flexibility index (Phi) is 3.38. The second-order valence-electron chi connectivity index (χ2n) is 4.93. The van der Waals surface area contributed by atoms with Gasteiger partial charge in [0.2, 0.25) is 0 Å². The fraction of sp³-hybridized carbons (Fsp3) is 0.429. The van der Waals surface area contributed by atoms with Gasteiger partial charge in [-0.1, -0.05) is 17.7 Å². The van der Waals surface area contributed by atoms with Crippen molar-refractivity contribution < 1.29 is 26.3 Å². The molecule has 0 saturated carbocycles. The Morgan fingerprint density at radius 1 is 0.850 bits per heavy atom. The van der Waals surface area contributed by atoms with Crippen LogP contribution in [-0.4, -0.2) is 6.18 Å². The average molecular weight is 294 g/mol. The maximum atomic E-state index is 13.1. The second kappa shape index (κ2) is 4.53. The van der Waals surface area contributed by atoms with Gasteiger partial charge in [-0.05, 0) is 43.4 Å². The van der Waals surface area contributed by atoms with E-state index >= 15 is 0 Å². The number of benzene rings is 1. The van der Waals surface area contributed by atoms with Gasteiger partial charge in [0.25, 0.3) is 0 Å². The van der Waals surface area contributed by atoms with Crippen molar-refractivity contribution in [2.45, 2.75) is 39.0 Å². The van der Waals surface area contributed by atoms with Crippen LogP contribution in [-0.2, 0) is 12.6 Å². The lowest BCUT2D eigenvalue weighted by molar-refractivity contribution is -0.138. The van der Waals surface area contributed by atoms with Gasteiger partial charge in [0.15, 0.2) is 0 Å². The highest BCUT2D eigenvalue weighted by Crippen LogP contribution is 2.46. The Labute approximate surface area is 112 Å². The van der Waals surface area contributed by atoms with E-state index in [4.69, 9.17) is 0 Å². The van der Waals surface area contributed by atoms with Crippen LogP contribution in [0.25, 0.3) is 5.57 Å². The minimum Gasteiger partial charge on any atom is -0.166 e. The molecule has 0 amide bonds. The van der Waals surface area contributed by atoms with Crippen LogP contribution in [0.1, 0.15) is 35.6 Å². The van der Waals surface area contributed by atoms with Gasteiger partial charge in [-0.3, -0.25) is 0 Å². The van der Waals surface area contributed by atoms with Crippen LogP contribution in [0.3, 0.4) is 0 Å². The fourth-order valence-electron chi connectivity index (χ4n) is 2.72. The molecule has 0 heterocycles. The van der Waals surface area contributed by atoms with E-state index in [1.165, 1.54) is 13.8 Å². The Bertz CT molecular complexity index is 575.